The summed E-state index contributed by atoms with van der Waals surface area (Å²) in [7, 11) is 0. The summed E-state index contributed by atoms with van der Waals surface area (Å²) in [5.74, 6) is -0.589. The van der Waals surface area contributed by atoms with Crippen molar-refractivity contribution >= 4 is 34.6 Å². The van der Waals surface area contributed by atoms with Crippen molar-refractivity contribution < 1.29 is 14.3 Å². The number of hydrogen-bond acceptors (Lipinski definition) is 3. The third-order valence-corrected chi connectivity index (χ3v) is 3.11. The Balaban J connectivity index is 2.68. The summed E-state index contributed by atoms with van der Waals surface area (Å²) in [6.07, 6.45) is -0.308. The van der Waals surface area contributed by atoms with E-state index in [-0.39, 0.29) is 0 Å². The average molecular weight is 390 g/mol. The van der Waals surface area contributed by atoms with E-state index in [1.54, 1.807) is 20.8 Å². The Kier molecular flexibility index (Phi) is 5.79. The first kappa shape index (κ1) is 16.7. The van der Waals surface area contributed by atoms with E-state index < -0.39 is 23.6 Å². The second-order valence-electron chi connectivity index (χ2n) is 5.43. The maximum atomic E-state index is 11.7. The quantitative estimate of drug-likeness (QED) is 0.774. The number of carbonyl (C=O) groups excluding carboxylic acids is 2. The van der Waals surface area contributed by atoms with Crippen LogP contribution in [0, 0.1) is 3.57 Å². The van der Waals surface area contributed by atoms with Crippen molar-refractivity contribution in [1.29, 1.82) is 0 Å². The summed E-state index contributed by atoms with van der Waals surface area (Å²) < 4.78 is 6.22. The molecule has 0 saturated carbocycles. The van der Waals surface area contributed by atoms with E-state index in [1.165, 1.54) is 0 Å². The molecule has 0 spiro atoms. The zero-order chi connectivity index (χ0) is 15.3. The molecule has 0 fully saturated rings. The van der Waals surface area contributed by atoms with Gasteiger partial charge in [0, 0.05) is 9.99 Å². The van der Waals surface area contributed by atoms with Crippen molar-refractivity contribution in [3.05, 3.63) is 33.4 Å². The molecule has 1 aromatic rings. The van der Waals surface area contributed by atoms with Crippen LogP contribution in [0.5, 0.6) is 0 Å². The van der Waals surface area contributed by atoms with E-state index in [2.05, 4.69) is 27.9 Å². The molecule has 0 aliphatic carbocycles. The van der Waals surface area contributed by atoms with Gasteiger partial charge in [-0.15, -0.1) is 0 Å². The van der Waals surface area contributed by atoms with Crippen LogP contribution in [0.4, 0.5) is 4.79 Å². The van der Waals surface area contributed by atoms with Gasteiger partial charge in [0.2, 0.25) is 5.91 Å². The highest BCUT2D eigenvalue weighted by Crippen LogP contribution is 2.10. The second-order valence-corrected chi connectivity index (χ2v) is 6.68. The number of amides is 2. The molecule has 1 aromatic carbocycles. The van der Waals surface area contributed by atoms with Gasteiger partial charge in [-0.05, 0) is 61.1 Å². The molecule has 1 rings (SSSR count). The van der Waals surface area contributed by atoms with Crippen molar-refractivity contribution in [3.8, 4) is 0 Å². The molecule has 20 heavy (non-hydrogen) atoms. The summed E-state index contributed by atoms with van der Waals surface area (Å²) in [5, 5.41) is 2.50. The number of hydrogen-bond donors (Lipinski definition) is 2. The van der Waals surface area contributed by atoms with Gasteiger partial charge in [-0.1, -0.05) is 12.1 Å². The first-order valence-corrected chi connectivity index (χ1v) is 7.28. The van der Waals surface area contributed by atoms with E-state index in [0.29, 0.717) is 6.42 Å². The van der Waals surface area contributed by atoms with Gasteiger partial charge in [-0.3, -0.25) is 4.79 Å². The van der Waals surface area contributed by atoms with Crippen LogP contribution < -0.4 is 11.1 Å². The van der Waals surface area contributed by atoms with Gasteiger partial charge in [-0.25, -0.2) is 4.79 Å². The first-order chi connectivity index (χ1) is 9.17. The van der Waals surface area contributed by atoms with Crippen molar-refractivity contribution in [2.45, 2.75) is 38.8 Å². The monoisotopic (exact) mass is 390 g/mol. The van der Waals surface area contributed by atoms with Crippen molar-refractivity contribution in [1.82, 2.24) is 5.32 Å². The molecule has 110 valence electrons. The van der Waals surface area contributed by atoms with Crippen LogP contribution in [-0.4, -0.2) is 23.6 Å². The molecule has 0 radical (unpaired) electrons. The van der Waals surface area contributed by atoms with Gasteiger partial charge >= 0.3 is 6.09 Å². The summed E-state index contributed by atoms with van der Waals surface area (Å²) in [6, 6.07) is 6.87. The Labute approximate surface area is 132 Å². The molecule has 0 heterocycles. The van der Waals surface area contributed by atoms with Crippen LogP contribution in [0.3, 0.4) is 0 Å². The lowest BCUT2D eigenvalue weighted by Gasteiger charge is -2.22. The van der Waals surface area contributed by atoms with Gasteiger partial charge < -0.3 is 15.8 Å². The topological polar surface area (TPSA) is 81.4 Å². The fourth-order valence-electron chi connectivity index (χ4n) is 1.53. The van der Waals surface area contributed by atoms with Crippen molar-refractivity contribution in [2.75, 3.05) is 0 Å². The normalized spacial score (nSPS) is 12.6. The van der Waals surface area contributed by atoms with Crippen molar-refractivity contribution in [3.63, 3.8) is 0 Å². The van der Waals surface area contributed by atoms with Gasteiger partial charge in [0.15, 0.2) is 0 Å². The Morgan fingerprint density at radius 1 is 1.30 bits per heavy atom. The summed E-state index contributed by atoms with van der Waals surface area (Å²) in [5.41, 5.74) is 5.62. The third kappa shape index (κ3) is 6.23. The Morgan fingerprint density at radius 3 is 2.30 bits per heavy atom. The van der Waals surface area contributed by atoms with Gasteiger partial charge in [0.1, 0.15) is 11.6 Å². The standard InChI is InChI=1S/C14H19IN2O3/c1-14(2,3)20-13(19)17-11(12(16)18)8-9-4-6-10(15)7-5-9/h4-7,11H,8H2,1-3H3,(H2,16,18)(H,17,19)/t11-/m1/s1. The lowest BCUT2D eigenvalue weighted by molar-refractivity contribution is -0.120. The van der Waals surface area contributed by atoms with Crippen LogP contribution in [0.15, 0.2) is 24.3 Å². The van der Waals surface area contributed by atoms with Crippen LogP contribution in [0.2, 0.25) is 0 Å². The number of rotatable bonds is 4. The number of primary amides is 1. The molecule has 3 N–H and O–H groups in total. The maximum absolute atomic E-state index is 11.7. The number of carbonyl (C=O) groups is 2. The van der Waals surface area contributed by atoms with Crippen LogP contribution in [0.25, 0.3) is 0 Å². The molecule has 0 aliphatic rings. The molecule has 5 nitrogen and oxygen atoms in total. The number of halogens is 1. The summed E-state index contributed by atoms with van der Waals surface area (Å²) in [6.45, 7) is 5.26. The number of alkyl carbamates (subject to hydrolysis) is 1. The summed E-state index contributed by atoms with van der Waals surface area (Å²) in [4.78, 5) is 23.1. The lowest BCUT2D eigenvalue weighted by Crippen LogP contribution is -2.47. The summed E-state index contributed by atoms with van der Waals surface area (Å²) >= 11 is 2.20. The Morgan fingerprint density at radius 2 is 1.85 bits per heavy atom. The molecular weight excluding hydrogens is 371 g/mol. The SMILES string of the molecule is CC(C)(C)OC(=O)N[C@H](Cc1ccc(I)cc1)C(N)=O. The highest BCUT2D eigenvalue weighted by molar-refractivity contribution is 14.1. The predicted octanol–water partition coefficient (Wildman–Crippen LogP) is 2.21. The van der Waals surface area contributed by atoms with Crippen LogP contribution in [0.1, 0.15) is 26.3 Å². The Bertz CT molecular complexity index is 480. The molecule has 0 saturated heterocycles. The molecule has 2 amide bonds. The van der Waals surface area contributed by atoms with Gasteiger partial charge in [-0.2, -0.15) is 0 Å². The minimum absolute atomic E-state index is 0.339. The maximum Gasteiger partial charge on any atom is 0.408 e. The second kappa shape index (κ2) is 6.92. The average Bonchev–Trinajstić information content (AvgIpc) is 2.28. The number of benzene rings is 1. The lowest BCUT2D eigenvalue weighted by atomic mass is 10.1. The Hall–Kier alpha value is -1.31. The molecular formula is C14H19IN2O3. The smallest absolute Gasteiger partial charge is 0.408 e. The zero-order valence-corrected chi connectivity index (χ0v) is 13.9. The van der Waals surface area contributed by atoms with E-state index in [1.807, 2.05) is 24.3 Å². The highest BCUT2D eigenvalue weighted by atomic mass is 127. The number of nitrogens with one attached hydrogen (secondary N) is 1. The molecule has 0 aliphatic heterocycles. The van der Waals surface area contributed by atoms with Crippen molar-refractivity contribution in [2.24, 2.45) is 5.73 Å². The molecule has 0 aromatic heterocycles. The minimum Gasteiger partial charge on any atom is -0.444 e. The molecule has 0 bridgehead atoms. The van der Waals surface area contributed by atoms with Crippen LogP contribution in [-0.2, 0) is 16.0 Å². The number of ether oxygens (including phenoxy) is 1. The molecule has 1 atom stereocenters. The van der Waals surface area contributed by atoms with Gasteiger partial charge in [0.25, 0.3) is 0 Å². The zero-order valence-electron chi connectivity index (χ0n) is 11.8. The van der Waals surface area contributed by atoms with Crippen LogP contribution >= 0.6 is 22.6 Å². The number of nitrogens with two attached hydrogens (primary N) is 1. The first-order valence-electron chi connectivity index (χ1n) is 6.20. The molecule has 0 unspecified atom stereocenters. The third-order valence-electron chi connectivity index (χ3n) is 2.39. The predicted molar refractivity (Wildman–Crippen MR) is 85.2 cm³/mol. The highest BCUT2D eigenvalue weighted by Gasteiger charge is 2.22. The molecule has 6 heteroatoms. The fraction of sp³-hybridized carbons (Fsp3) is 0.429. The van der Waals surface area contributed by atoms with Gasteiger partial charge in [0.05, 0.1) is 0 Å². The van der Waals surface area contributed by atoms with E-state index in [4.69, 9.17) is 10.5 Å². The van der Waals surface area contributed by atoms with E-state index in [0.717, 1.165) is 9.13 Å². The fourth-order valence-corrected chi connectivity index (χ4v) is 1.89. The van der Waals surface area contributed by atoms with E-state index >= 15 is 0 Å². The largest absolute Gasteiger partial charge is 0.444 e. The minimum atomic E-state index is -0.787. The van der Waals surface area contributed by atoms with E-state index in [9.17, 15) is 9.59 Å².